The molecule has 0 spiro atoms. The van der Waals surface area contributed by atoms with Gasteiger partial charge < -0.3 is 25.2 Å². The normalized spacial score (nSPS) is 36.4. The number of fused-ring (bicyclic) bond motifs is 1. The Hall–Kier alpha value is -1.42. The molecule has 0 amide bonds. The standard InChI is InChI=1S/C32H50O5/c1-7-32(36,23(5)33)18-10-12-30(37-8-2)22(4)27-15-16-28-24(11-9-17-31(27,28)6)13-14-25-19-26(34)20-29(35)21(25)3/h13-14,22-23,26-30,33-36H,3,7-9,11,15-20H2,1-2,4-6H3/b24-13+,25-14-/t22-,23+,26-,27-,28+,29+,30-,31-,32+/m1/s1. The van der Waals surface area contributed by atoms with Crippen LogP contribution in [-0.4, -0.2) is 57.0 Å². The Kier molecular flexibility index (Phi) is 10.3. The molecular formula is C32H50O5. The lowest BCUT2D eigenvalue weighted by Gasteiger charge is -2.45. The van der Waals surface area contributed by atoms with Gasteiger partial charge in [0.05, 0.1) is 18.3 Å². The molecular weight excluding hydrogens is 464 g/mol. The Morgan fingerprint density at radius 1 is 1.22 bits per heavy atom. The molecule has 0 aromatic heterocycles. The molecule has 4 N–H and O–H groups in total. The van der Waals surface area contributed by atoms with Crippen molar-refractivity contribution in [3.63, 3.8) is 0 Å². The van der Waals surface area contributed by atoms with Crippen molar-refractivity contribution in [1.82, 2.24) is 0 Å². The highest BCUT2D eigenvalue weighted by molar-refractivity contribution is 5.38. The predicted molar refractivity (Wildman–Crippen MR) is 149 cm³/mol. The summed E-state index contributed by atoms with van der Waals surface area (Å²) in [7, 11) is 0. The first-order chi connectivity index (χ1) is 17.5. The van der Waals surface area contributed by atoms with Crippen LogP contribution >= 0.6 is 0 Å². The van der Waals surface area contributed by atoms with E-state index in [1.54, 1.807) is 6.92 Å². The number of rotatable bonds is 8. The van der Waals surface area contributed by atoms with E-state index in [2.05, 4.69) is 44.4 Å². The molecule has 3 aliphatic rings. The van der Waals surface area contributed by atoms with E-state index in [9.17, 15) is 20.4 Å². The molecule has 0 aromatic carbocycles. The fourth-order valence-electron chi connectivity index (χ4n) is 7.20. The van der Waals surface area contributed by atoms with Gasteiger partial charge in [-0.2, -0.15) is 0 Å². The SMILES string of the molecule is C=C1/C(=C\C=C2/CCC[C@]3(C)[C@@H]([C@@H](C)[C@@H](C#CC[C@@](O)(CC)[C@H](C)O)OCC)CC[C@@H]23)C[C@@H](O)C[C@@H]1O. The van der Waals surface area contributed by atoms with Gasteiger partial charge in [0.1, 0.15) is 11.7 Å². The summed E-state index contributed by atoms with van der Waals surface area (Å²) in [6.07, 6.45) is 9.47. The molecule has 3 rings (SSSR count). The van der Waals surface area contributed by atoms with Crippen molar-refractivity contribution >= 4 is 0 Å². The highest BCUT2D eigenvalue weighted by Crippen LogP contribution is 2.60. The molecule has 37 heavy (non-hydrogen) atoms. The minimum atomic E-state index is -1.19. The van der Waals surface area contributed by atoms with Gasteiger partial charge in [0.2, 0.25) is 0 Å². The summed E-state index contributed by atoms with van der Waals surface area (Å²) >= 11 is 0. The van der Waals surface area contributed by atoms with Gasteiger partial charge in [0.25, 0.3) is 0 Å². The molecule has 0 unspecified atom stereocenters. The highest BCUT2D eigenvalue weighted by Gasteiger charge is 2.51. The van der Waals surface area contributed by atoms with E-state index >= 15 is 0 Å². The van der Waals surface area contributed by atoms with E-state index in [0.29, 0.717) is 37.7 Å². The second-order valence-corrected chi connectivity index (χ2v) is 12.0. The number of hydrogen-bond acceptors (Lipinski definition) is 5. The molecule has 5 heteroatoms. The first-order valence-electron chi connectivity index (χ1n) is 14.4. The zero-order chi connectivity index (χ0) is 27.4. The van der Waals surface area contributed by atoms with Crippen LogP contribution in [0.4, 0.5) is 0 Å². The maximum atomic E-state index is 10.7. The Bertz CT molecular complexity index is 923. The lowest BCUT2D eigenvalue weighted by molar-refractivity contribution is -0.0646. The van der Waals surface area contributed by atoms with E-state index in [-0.39, 0.29) is 23.9 Å². The fraction of sp³-hybridized carbons (Fsp3) is 0.750. The van der Waals surface area contributed by atoms with Gasteiger partial charge in [0.15, 0.2) is 0 Å². The summed E-state index contributed by atoms with van der Waals surface area (Å²) in [6, 6.07) is 0. The van der Waals surface area contributed by atoms with Gasteiger partial charge in [-0.05, 0) is 93.1 Å². The largest absolute Gasteiger partial charge is 0.393 e. The molecule has 208 valence electrons. The van der Waals surface area contributed by atoms with Gasteiger partial charge in [-0.15, -0.1) is 0 Å². The summed E-state index contributed by atoms with van der Waals surface area (Å²) in [4.78, 5) is 0. The van der Waals surface area contributed by atoms with E-state index in [4.69, 9.17) is 4.74 Å². The van der Waals surface area contributed by atoms with Crippen molar-refractivity contribution in [2.75, 3.05) is 6.61 Å². The minimum Gasteiger partial charge on any atom is -0.393 e. The molecule has 3 fully saturated rings. The second kappa shape index (κ2) is 12.6. The molecule has 0 saturated heterocycles. The molecule has 0 aliphatic heterocycles. The van der Waals surface area contributed by atoms with Crippen molar-refractivity contribution in [3.05, 3.63) is 35.5 Å². The lowest BCUT2D eigenvalue weighted by atomic mass is 9.60. The van der Waals surface area contributed by atoms with Crippen LogP contribution in [-0.2, 0) is 4.74 Å². The maximum Gasteiger partial charge on any atom is 0.121 e. The summed E-state index contributed by atoms with van der Waals surface area (Å²) in [5.74, 6) is 7.72. The number of aliphatic hydroxyl groups is 4. The third kappa shape index (κ3) is 6.60. The van der Waals surface area contributed by atoms with Gasteiger partial charge in [0, 0.05) is 19.4 Å². The van der Waals surface area contributed by atoms with Crippen LogP contribution in [0.2, 0.25) is 0 Å². The van der Waals surface area contributed by atoms with Gasteiger partial charge >= 0.3 is 0 Å². The number of hydrogen-bond donors (Lipinski definition) is 4. The molecule has 5 nitrogen and oxygen atoms in total. The van der Waals surface area contributed by atoms with Gasteiger partial charge in [-0.25, -0.2) is 0 Å². The van der Waals surface area contributed by atoms with E-state index in [1.807, 2.05) is 13.8 Å². The topological polar surface area (TPSA) is 90.2 Å². The maximum absolute atomic E-state index is 10.7. The van der Waals surface area contributed by atoms with Crippen LogP contribution < -0.4 is 0 Å². The molecule has 0 heterocycles. The van der Waals surface area contributed by atoms with Crippen molar-refractivity contribution < 1.29 is 25.2 Å². The molecule has 0 aromatic rings. The third-order valence-corrected chi connectivity index (χ3v) is 9.79. The summed E-state index contributed by atoms with van der Waals surface area (Å²) in [6.45, 7) is 14.9. The molecule has 9 atom stereocenters. The zero-order valence-corrected chi connectivity index (χ0v) is 23.7. The van der Waals surface area contributed by atoms with Crippen LogP contribution in [0.5, 0.6) is 0 Å². The highest BCUT2D eigenvalue weighted by atomic mass is 16.5. The van der Waals surface area contributed by atoms with Crippen LogP contribution in [0.3, 0.4) is 0 Å². The van der Waals surface area contributed by atoms with Crippen molar-refractivity contribution in [2.45, 2.75) is 122 Å². The Morgan fingerprint density at radius 3 is 2.59 bits per heavy atom. The predicted octanol–water partition coefficient (Wildman–Crippen LogP) is 5.08. The first-order valence-corrected chi connectivity index (χ1v) is 14.4. The molecule has 0 bridgehead atoms. The van der Waals surface area contributed by atoms with Crippen LogP contribution in [0.25, 0.3) is 0 Å². The summed E-state index contributed by atoms with van der Waals surface area (Å²) in [5.41, 5.74) is 2.16. The van der Waals surface area contributed by atoms with Gasteiger partial charge in [-0.1, -0.05) is 56.9 Å². The number of ether oxygens (including phenoxy) is 1. The van der Waals surface area contributed by atoms with Crippen LogP contribution in [0.1, 0.15) is 92.4 Å². The minimum absolute atomic E-state index is 0.172. The first kappa shape index (κ1) is 30.1. The van der Waals surface area contributed by atoms with E-state index < -0.39 is 23.9 Å². The van der Waals surface area contributed by atoms with Crippen LogP contribution in [0, 0.1) is 35.0 Å². The third-order valence-electron chi connectivity index (χ3n) is 9.79. The van der Waals surface area contributed by atoms with Gasteiger partial charge in [-0.3, -0.25) is 0 Å². The smallest absolute Gasteiger partial charge is 0.121 e. The molecule has 3 saturated carbocycles. The Balaban J connectivity index is 1.79. The number of allylic oxidation sites excluding steroid dienone is 3. The van der Waals surface area contributed by atoms with Crippen molar-refractivity contribution in [1.29, 1.82) is 0 Å². The lowest BCUT2D eigenvalue weighted by Crippen LogP contribution is -2.40. The summed E-state index contributed by atoms with van der Waals surface area (Å²) < 4.78 is 6.14. The Labute approximate surface area is 224 Å². The van der Waals surface area contributed by atoms with Crippen LogP contribution in [0.15, 0.2) is 35.5 Å². The van der Waals surface area contributed by atoms with Crippen molar-refractivity contribution in [2.24, 2.45) is 23.2 Å². The van der Waals surface area contributed by atoms with E-state index in [0.717, 1.165) is 36.8 Å². The fourth-order valence-corrected chi connectivity index (χ4v) is 7.20. The average Bonchev–Trinajstić information content (AvgIpc) is 3.21. The number of aliphatic hydroxyl groups excluding tert-OH is 3. The monoisotopic (exact) mass is 514 g/mol. The average molecular weight is 515 g/mol. The summed E-state index contributed by atoms with van der Waals surface area (Å²) in [5, 5.41) is 41.0. The van der Waals surface area contributed by atoms with E-state index in [1.165, 1.54) is 12.0 Å². The molecule has 0 radical (unpaired) electrons. The second-order valence-electron chi connectivity index (χ2n) is 12.0. The zero-order valence-electron chi connectivity index (χ0n) is 23.7. The van der Waals surface area contributed by atoms with Crippen molar-refractivity contribution in [3.8, 4) is 11.8 Å². The quantitative estimate of drug-likeness (QED) is 0.339. The Morgan fingerprint density at radius 2 is 1.95 bits per heavy atom. The molecule has 3 aliphatic carbocycles.